The summed E-state index contributed by atoms with van der Waals surface area (Å²) in [5, 5.41) is 30.7. The molecule has 13 heteroatoms. The number of fused-ring (bicyclic) bond motifs is 6. The van der Waals surface area contributed by atoms with Crippen molar-refractivity contribution >= 4 is 50.4 Å². The number of nitrogens with zero attached hydrogens (tertiary/aromatic N) is 6. The average molecular weight is 762 g/mol. The van der Waals surface area contributed by atoms with E-state index in [1.807, 2.05) is 62.5 Å². The van der Waals surface area contributed by atoms with Crippen LogP contribution in [0.5, 0.6) is 17.2 Å². The maximum absolute atomic E-state index is 13.3. The van der Waals surface area contributed by atoms with Gasteiger partial charge in [-0.1, -0.05) is 13.8 Å². The van der Waals surface area contributed by atoms with Gasteiger partial charge in [0.05, 0.1) is 34.1 Å². The Morgan fingerprint density at radius 3 is 2.65 bits per heavy atom. The fourth-order valence-corrected chi connectivity index (χ4v) is 8.33. The normalized spacial score (nSPS) is 14.6. The fraction of sp³-hybridized carbons (Fsp3) is 0.227. The number of H-pyrrole nitrogens is 1. The van der Waals surface area contributed by atoms with E-state index in [0.29, 0.717) is 48.2 Å². The first-order chi connectivity index (χ1) is 27.7. The lowest BCUT2D eigenvalue weighted by Gasteiger charge is -2.31. The lowest BCUT2D eigenvalue weighted by atomic mass is 9.97. The first-order valence-corrected chi connectivity index (χ1v) is 19.1. The van der Waals surface area contributed by atoms with Crippen LogP contribution in [-0.4, -0.2) is 63.0 Å². The Bertz CT molecular complexity index is 3000. The molecule has 57 heavy (non-hydrogen) atoms. The summed E-state index contributed by atoms with van der Waals surface area (Å²) in [6.45, 7) is 6.41. The number of nitrogens with one attached hydrogen (secondary N) is 1. The number of carbonyl (C=O) groups excluding carboxylic acids is 1. The van der Waals surface area contributed by atoms with Gasteiger partial charge in [-0.3, -0.25) is 0 Å². The Balaban J connectivity index is 0.808. The number of piperidine rings is 1. The van der Waals surface area contributed by atoms with Gasteiger partial charge in [-0.2, -0.15) is 5.10 Å². The van der Waals surface area contributed by atoms with Crippen LogP contribution in [0.2, 0.25) is 0 Å². The number of hydrogen-bond acceptors (Lipinski definition) is 8. The number of likely N-dealkylation sites (tertiary alicyclic amines) is 1. The number of aromatic amines is 1. The summed E-state index contributed by atoms with van der Waals surface area (Å²) in [6.07, 6.45) is 11.2. The Labute approximate surface area is 325 Å². The van der Waals surface area contributed by atoms with Crippen LogP contribution in [0, 0.1) is 5.92 Å². The Morgan fingerprint density at radius 1 is 0.947 bits per heavy atom. The second-order valence-corrected chi connectivity index (χ2v) is 15.4. The summed E-state index contributed by atoms with van der Waals surface area (Å²) in [5.41, 5.74) is 7.20. The molecule has 0 radical (unpaired) electrons. The summed E-state index contributed by atoms with van der Waals surface area (Å²) < 4.78 is 17.1. The lowest BCUT2D eigenvalue weighted by molar-refractivity contribution is 0.128. The van der Waals surface area contributed by atoms with Crippen LogP contribution >= 0.6 is 0 Å². The molecule has 0 aliphatic carbocycles. The van der Waals surface area contributed by atoms with Gasteiger partial charge in [0.25, 0.3) is 0 Å². The molecule has 3 N–H and O–H groups in total. The van der Waals surface area contributed by atoms with Crippen molar-refractivity contribution in [3.05, 3.63) is 119 Å². The van der Waals surface area contributed by atoms with E-state index < -0.39 is 5.69 Å². The smallest absolute Gasteiger partial charge is 0.415 e. The second-order valence-electron chi connectivity index (χ2n) is 15.4. The number of aromatic nitrogens is 6. The minimum absolute atomic E-state index is 0.00518. The van der Waals surface area contributed by atoms with Gasteiger partial charge in [-0.15, -0.1) is 0 Å². The van der Waals surface area contributed by atoms with Gasteiger partial charge in [-0.05, 0) is 103 Å². The maximum Gasteiger partial charge on any atom is 0.415 e. The van der Waals surface area contributed by atoms with Crippen molar-refractivity contribution in [3.8, 4) is 34.3 Å². The molecule has 1 saturated heterocycles. The third-order valence-corrected chi connectivity index (χ3v) is 11.4. The van der Waals surface area contributed by atoms with Crippen LogP contribution in [0.4, 0.5) is 4.79 Å². The summed E-state index contributed by atoms with van der Waals surface area (Å²) in [6, 6.07) is 20.6. The summed E-state index contributed by atoms with van der Waals surface area (Å²) in [7, 11) is 0. The van der Waals surface area contributed by atoms with Crippen molar-refractivity contribution < 1.29 is 24.5 Å². The maximum atomic E-state index is 13.3. The highest BCUT2D eigenvalue weighted by Crippen LogP contribution is 2.38. The van der Waals surface area contributed by atoms with E-state index in [1.165, 1.54) is 10.6 Å². The van der Waals surface area contributed by atoms with Gasteiger partial charge in [0.2, 0.25) is 0 Å². The molecule has 13 nitrogen and oxygen atoms in total. The highest BCUT2D eigenvalue weighted by atomic mass is 16.6. The second kappa shape index (κ2) is 13.3. The number of rotatable bonds is 6. The monoisotopic (exact) mass is 761 g/mol. The van der Waals surface area contributed by atoms with E-state index in [-0.39, 0.29) is 29.3 Å². The quantitative estimate of drug-likeness (QED) is 0.154. The van der Waals surface area contributed by atoms with Crippen molar-refractivity contribution in [1.82, 2.24) is 33.6 Å². The fourth-order valence-electron chi connectivity index (χ4n) is 8.33. The number of pyridine rings is 2. The van der Waals surface area contributed by atoms with Crippen LogP contribution in [0.1, 0.15) is 49.3 Å². The molecule has 0 atom stereocenters. The van der Waals surface area contributed by atoms with Gasteiger partial charge >= 0.3 is 11.8 Å². The Hall–Kier alpha value is -7.02. The van der Waals surface area contributed by atoms with Gasteiger partial charge in [-0.25, -0.2) is 24.2 Å². The standard InChI is InChI=1S/C44H39N7O6/c1-25(2)34-19-35(40(53)20-39(34)52)42-46-47-43(54)51(42)32-3-6-37-28(16-32)9-13-49(37)21-26-7-11-48(12-8-26)44(55)57-33-4-5-36-29(17-33)15-30-22-50-23-31-24-56-14-10-27(31)18-38(50)41(30)45-36/h3-6,9-10,13-20,22-23,25-26,52-53H,7-8,11-12,21,24H2,1-2H3,(H,47,54). The third kappa shape index (κ3) is 6.02. The van der Waals surface area contributed by atoms with Crippen LogP contribution in [0.25, 0.3) is 61.4 Å². The molecular formula is C44H39N7O6. The van der Waals surface area contributed by atoms with Gasteiger partial charge < -0.3 is 33.6 Å². The molecule has 2 aliphatic rings. The molecule has 0 bridgehead atoms. The summed E-state index contributed by atoms with van der Waals surface area (Å²) in [4.78, 5) is 33.1. The summed E-state index contributed by atoms with van der Waals surface area (Å²) in [5.74, 6) is 0.913. The van der Waals surface area contributed by atoms with Crippen molar-refractivity contribution in [2.45, 2.75) is 45.8 Å². The van der Waals surface area contributed by atoms with Gasteiger partial charge in [0, 0.05) is 71.5 Å². The van der Waals surface area contributed by atoms with Crippen molar-refractivity contribution in [2.75, 3.05) is 13.1 Å². The van der Waals surface area contributed by atoms with E-state index in [2.05, 4.69) is 43.7 Å². The van der Waals surface area contributed by atoms with E-state index in [9.17, 15) is 19.8 Å². The van der Waals surface area contributed by atoms with E-state index in [0.717, 1.165) is 68.7 Å². The van der Waals surface area contributed by atoms with Crippen LogP contribution in [-0.2, 0) is 17.9 Å². The molecule has 1 fully saturated rings. The van der Waals surface area contributed by atoms with E-state index >= 15 is 0 Å². The predicted molar refractivity (Wildman–Crippen MR) is 217 cm³/mol. The number of carbonyl (C=O) groups is 1. The lowest BCUT2D eigenvalue weighted by Crippen LogP contribution is -2.40. The number of ether oxygens (including phenoxy) is 2. The molecule has 8 aromatic rings. The van der Waals surface area contributed by atoms with Crippen LogP contribution in [0.15, 0.2) is 96.4 Å². The number of amides is 1. The first kappa shape index (κ1) is 34.5. The van der Waals surface area contributed by atoms with Crippen LogP contribution in [0.3, 0.4) is 0 Å². The molecule has 10 rings (SSSR count). The zero-order valence-electron chi connectivity index (χ0n) is 31.3. The largest absolute Gasteiger partial charge is 0.508 e. The molecule has 5 aromatic heterocycles. The zero-order valence-corrected chi connectivity index (χ0v) is 31.3. The van der Waals surface area contributed by atoms with Gasteiger partial charge in [0.1, 0.15) is 23.9 Å². The topological polar surface area (TPSA) is 152 Å². The number of hydrogen-bond donors (Lipinski definition) is 3. The van der Waals surface area contributed by atoms with E-state index in [1.54, 1.807) is 23.3 Å². The highest BCUT2D eigenvalue weighted by molar-refractivity contribution is 6.01. The van der Waals surface area contributed by atoms with Crippen molar-refractivity contribution in [1.29, 1.82) is 0 Å². The number of aromatic hydroxyl groups is 2. The van der Waals surface area contributed by atoms with Gasteiger partial charge in [0.15, 0.2) is 5.82 Å². The highest BCUT2D eigenvalue weighted by Gasteiger charge is 2.26. The summed E-state index contributed by atoms with van der Waals surface area (Å²) >= 11 is 0. The molecule has 2 aliphatic heterocycles. The van der Waals surface area contributed by atoms with E-state index in [4.69, 9.17) is 14.5 Å². The van der Waals surface area contributed by atoms with Crippen molar-refractivity contribution in [3.63, 3.8) is 0 Å². The minimum atomic E-state index is -0.440. The number of benzene rings is 3. The molecule has 0 spiro atoms. The third-order valence-electron chi connectivity index (χ3n) is 11.4. The van der Waals surface area contributed by atoms with Crippen molar-refractivity contribution in [2.24, 2.45) is 5.92 Å². The molecular weight excluding hydrogens is 723 g/mol. The average Bonchev–Trinajstić information content (AvgIpc) is 3.90. The molecule has 0 saturated carbocycles. The molecule has 3 aromatic carbocycles. The molecule has 7 heterocycles. The number of phenols is 2. The molecule has 1 amide bonds. The molecule has 0 unspecified atom stereocenters. The Kier molecular flexibility index (Phi) is 8.06. The van der Waals surface area contributed by atoms with Crippen LogP contribution < -0.4 is 10.4 Å². The number of phenolic OH excluding ortho intramolecular Hbond substituents is 2. The Morgan fingerprint density at radius 2 is 1.81 bits per heavy atom. The predicted octanol–water partition coefficient (Wildman–Crippen LogP) is 8.08. The first-order valence-electron chi connectivity index (χ1n) is 19.1. The molecule has 286 valence electrons. The minimum Gasteiger partial charge on any atom is -0.508 e. The SMILES string of the molecule is CC(C)c1cc(-c2n[nH]c(=O)n2-c2ccc3c(ccn3CC3CCN(C(=O)Oc4ccc5nc6c(cc5c4)cn4cc5c(cc64)C=COC5)CC3)c2)c(O)cc1O. The zero-order chi connectivity index (χ0) is 38.9.